The van der Waals surface area contributed by atoms with Gasteiger partial charge >= 0.3 is 0 Å². The van der Waals surface area contributed by atoms with Crippen molar-refractivity contribution < 1.29 is 9.21 Å². The van der Waals surface area contributed by atoms with E-state index in [1.54, 1.807) is 0 Å². The number of fused-ring (bicyclic) bond motifs is 2. The van der Waals surface area contributed by atoms with Crippen molar-refractivity contribution in [3.63, 3.8) is 0 Å². The smallest absolute Gasteiger partial charge is 0.222 e. The van der Waals surface area contributed by atoms with E-state index in [9.17, 15) is 4.79 Å². The van der Waals surface area contributed by atoms with E-state index in [2.05, 4.69) is 14.8 Å². The van der Waals surface area contributed by atoms with Crippen molar-refractivity contribution in [2.75, 3.05) is 26.2 Å². The summed E-state index contributed by atoms with van der Waals surface area (Å²) in [6.45, 7) is 4.06. The van der Waals surface area contributed by atoms with Crippen molar-refractivity contribution in [3.05, 3.63) is 30.2 Å². The summed E-state index contributed by atoms with van der Waals surface area (Å²) in [7, 11) is 0. The highest BCUT2D eigenvalue weighted by Gasteiger charge is 2.30. The fourth-order valence-electron chi connectivity index (χ4n) is 3.96. The molecule has 5 heteroatoms. The molecule has 3 heterocycles. The average molecular weight is 327 g/mol. The number of carbonyl (C=O) groups excluding carboxylic acids is 1. The Morgan fingerprint density at radius 2 is 2.12 bits per heavy atom. The number of amides is 1. The molecule has 4 rings (SSSR count). The second kappa shape index (κ2) is 6.93. The lowest BCUT2D eigenvalue weighted by Gasteiger charge is -2.44. The first-order valence-electron chi connectivity index (χ1n) is 9.16. The van der Waals surface area contributed by atoms with Crippen LogP contribution in [0.25, 0.3) is 11.1 Å². The van der Waals surface area contributed by atoms with Crippen LogP contribution < -0.4 is 0 Å². The minimum absolute atomic E-state index is 0.288. The fourth-order valence-corrected chi connectivity index (χ4v) is 3.96. The average Bonchev–Trinajstić information content (AvgIpc) is 3.04. The van der Waals surface area contributed by atoms with Crippen LogP contribution in [0, 0.1) is 0 Å². The Morgan fingerprint density at radius 1 is 1.21 bits per heavy atom. The Hall–Kier alpha value is -1.88. The van der Waals surface area contributed by atoms with Crippen LogP contribution in [0.3, 0.4) is 0 Å². The summed E-state index contributed by atoms with van der Waals surface area (Å²) in [6, 6.07) is 8.39. The van der Waals surface area contributed by atoms with Gasteiger partial charge in [-0.25, -0.2) is 4.98 Å². The first-order valence-corrected chi connectivity index (χ1v) is 9.16. The molecule has 0 unspecified atom stereocenters. The molecule has 0 aliphatic carbocycles. The van der Waals surface area contributed by atoms with E-state index in [-0.39, 0.29) is 5.91 Å². The van der Waals surface area contributed by atoms with Crippen LogP contribution in [-0.4, -0.2) is 52.9 Å². The van der Waals surface area contributed by atoms with E-state index in [0.717, 1.165) is 49.5 Å². The number of benzene rings is 1. The molecule has 24 heavy (non-hydrogen) atoms. The molecule has 2 aliphatic rings. The van der Waals surface area contributed by atoms with E-state index >= 15 is 0 Å². The van der Waals surface area contributed by atoms with Crippen LogP contribution in [0.2, 0.25) is 0 Å². The number of nitrogens with zero attached hydrogens (tertiary/aromatic N) is 3. The molecule has 128 valence electrons. The molecule has 0 N–H and O–H groups in total. The number of piperidine rings is 1. The second-order valence-corrected chi connectivity index (χ2v) is 6.95. The normalized spacial score (nSPS) is 21.8. The minimum Gasteiger partial charge on any atom is -0.441 e. The molecule has 5 nitrogen and oxygen atoms in total. The molecule has 1 amide bonds. The maximum atomic E-state index is 12.5. The van der Waals surface area contributed by atoms with E-state index in [1.165, 1.54) is 25.8 Å². The lowest BCUT2D eigenvalue weighted by molar-refractivity contribution is -0.134. The van der Waals surface area contributed by atoms with Gasteiger partial charge in [-0.1, -0.05) is 18.6 Å². The zero-order valence-electron chi connectivity index (χ0n) is 14.1. The quantitative estimate of drug-likeness (QED) is 0.866. The Morgan fingerprint density at radius 3 is 3.04 bits per heavy atom. The fraction of sp³-hybridized carbons (Fsp3) is 0.579. The number of oxazole rings is 1. The van der Waals surface area contributed by atoms with Gasteiger partial charge in [-0.2, -0.15) is 0 Å². The molecule has 1 aromatic carbocycles. The van der Waals surface area contributed by atoms with Gasteiger partial charge in [0.2, 0.25) is 5.91 Å². The summed E-state index contributed by atoms with van der Waals surface area (Å²) in [5, 5.41) is 0. The van der Waals surface area contributed by atoms with Gasteiger partial charge in [-0.15, -0.1) is 0 Å². The minimum atomic E-state index is 0.288. The predicted octanol–water partition coefficient (Wildman–Crippen LogP) is 2.85. The maximum Gasteiger partial charge on any atom is 0.222 e. The predicted molar refractivity (Wildman–Crippen MR) is 92.7 cm³/mol. The summed E-state index contributed by atoms with van der Waals surface area (Å²) in [5.41, 5.74) is 1.72. The van der Waals surface area contributed by atoms with Crippen molar-refractivity contribution in [3.8, 4) is 0 Å². The van der Waals surface area contributed by atoms with Gasteiger partial charge in [0, 0.05) is 38.5 Å². The second-order valence-electron chi connectivity index (χ2n) is 6.95. The van der Waals surface area contributed by atoms with Crippen LogP contribution in [0.1, 0.15) is 38.0 Å². The van der Waals surface area contributed by atoms with Gasteiger partial charge in [0.1, 0.15) is 5.52 Å². The van der Waals surface area contributed by atoms with Crippen LogP contribution in [0.5, 0.6) is 0 Å². The highest BCUT2D eigenvalue weighted by molar-refractivity contribution is 5.76. The van der Waals surface area contributed by atoms with Gasteiger partial charge in [0.15, 0.2) is 11.5 Å². The number of rotatable bonds is 4. The summed E-state index contributed by atoms with van der Waals surface area (Å²) in [5.74, 6) is 1.03. The largest absolute Gasteiger partial charge is 0.441 e. The van der Waals surface area contributed by atoms with Gasteiger partial charge in [-0.3, -0.25) is 9.69 Å². The molecule has 2 aliphatic heterocycles. The summed E-state index contributed by atoms with van der Waals surface area (Å²) in [4.78, 5) is 21.6. The maximum absolute atomic E-state index is 12.5. The van der Waals surface area contributed by atoms with Crippen molar-refractivity contribution in [2.45, 2.75) is 44.6 Å². The Kier molecular flexibility index (Phi) is 4.52. The zero-order valence-corrected chi connectivity index (χ0v) is 14.1. The first-order chi connectivity index (χ1) is 11.8. The third-order valence-electron chi connectivity index (χ3n) is 5.31. The Balaban J connectivity index is 1.27. The molecule has 1 aromatic heterocycles. The molecule has 0 spiro atoms. The number of piperazine rings is 1. The van der Waals surface area contributed by atoms with Crippen LogP contribution in [0.15, 0.2) is 28.7 Å². The first kappa shape index (κ1) is 15.6. The SMILES string of the molecule is O=C(CCCc1nc2ccccc2o1)N1CCN2CCCC[C@@H]2C1. The monoisotopic (exact) mass is 327 g/mol. The molecule has 0 radical (unpaired) electrons. The molecular formula is C19H25N3O2. The number of aryl methyl sites for hydroxylation is 1. The zero-order chi connectivity index (χ0) is 16.4. The van der Waals surface area contributed by atoms with Crippen LogP contribution in [0.4, 0.5) is 0 Å². The molecule has 0 saturated carbocycles. The van der Waals surface area contributed by atoms with E-state index in [0.29, 0.717) is 12.5 Å². The van der Waals surface area contributed by atoms with Gasteiger partial charge in [0.25, 0.3) is 0 Å². The molecular weight excluding hydrogens is 302 g/mol. The molecule has 0 bridgehead atoms. The molecule has 2 aromatic rings. The topological polar surface area (TPSA) is 49.6 Å². The Bertz CT molecular complexity index is 678. The van der Waals surface area contributed by atoms with E-state index in [1.807, 2.05) is 24.3 Å². The van der Waals surface area contributed by atoms with Crippen molar-refractivity contribution in [2.24, 2.45) is 0 Å². The highest BCUT2D eigenvalue weighted by atomic mass is 16.3. The third kappa shape index (κ3) is 3.31. The summed E-state index contributed by atoms with van der Waals surface area (Å²) < 4.78 is 5.72. The standard InChI is InChI=1S/C19H25N3O2/c23-19(22-13-12-21-11-4-3-6-15(21)14-22)10-5-9-18-20-16-7-1-2-8-17(16)24-18/h1-2,7-8,15H,3-6,9-14H2/t15-/m1/s1. The van der Waals surface area contributed by atoms with Crippen molar-refractivity contribution >= 4 is 17.0 Å². The van der Waals surface area contributed by atoms with Gasteiger partial charge in [-0.05, 0) is 37.9 Å². The lowest BCUT2D eigenvalue weighted by atomic mass is 9.99. The van der Waals surface area contributed by atoms with Crippen molar-refractivity contribution in [1.82, 2.24) is 14.8 Å². The Labute approximate surface area is 142 Å². The van der Waals surface area contributed by atoms with Crippen LogP contribution >= 0.6 is 0 Å². The summed E-state index contributed by atoms with van der Waals surface area (Å²) >= 11 is 0. The number of hydrogen-bond donors (Lipinski definition) is 0. The lowest BCUT2D eigenvalue weighted by Crippen LogP contribution is -2.56. The van der Waals surface area contributed by atoms with Gasteiger partial charge < -0.3 is 9.32 Å². The van der Waals surface area contributed by atoms with E-state index in [4.69, 9.17) is 4.42 Å². The molecule has 1 atom stereocenters. The van der Waals surface area contributed by atoms with E-state index < -0.39 is 0 Å². The number of hydrogen-bond acceptors (Lipinski definition) is 4. The molecule has 2 fully saturated rings. The van der Waals surface area contributed by atoms with Crippen LogP contribution in [-0.2, 0) is 11.2 Å². The number of para-hydroxylation sites is 2. The third-order valence-corrected chi connectivity index (χ3v) is 5.31. The van der Waals surface area contributed by atoms with Crippen molar-refractivity contribution in [1.29, 1.82) is 0 Å². The highest BCUT2D eigenvalue weighted by Crippen LogP contribution is 2.22. The van der Waals surface area contributed by atoms with Gasteiger partial charge in [0.05, 0.1) is 0 Å². The number of aromatic nitrogens is 1. The number of carbonyl (C=O) groups is 1. The summed E-state index contributed by atoms with van der Waals surface area (Å²) in [6.07, 6.45) is 5.98. The molecule has 2 saturated heterocycles.